The first-order valence-corrected chi connectivity index (χ1v) is 7.57. The number of hydrogen-bond donors (Lipinski definition) is 1. The standard InChI is InChI=1S/C16H21NO2S/c1-4-12-5-6-15(16(7-12)18-3)19-10-13-8-14(9-17)20-11(13)2/h5-8H,4,9-10,17H2,1-3H3. The lowest BCUT2D eigenvalue weighted by Crippen LogP contribution is -1.98. The number of thiophene rings is 1. The van der Waals surface area contributed by atoms with Gasteiger partial charge in [-0.05, 0) is 37.1 Å². The molecule has 0 radical (unpaired) electrons. The molecule has 2 N–H and O–H groups in total. The third kappa shape index (κ3) is 3.32. The predicted molar refractivity (Wildman–Crippen MR) is 83.7 cm³/mol. The second-order valence-corrected chi connectivity index (χ2v) is 5.97. The molecule has 20 heavy (non-hydrogen) atoms. The fourth-order valence-corrected chi connectivity index (χ4v) is 2.96. The summed E-state index contributed by atoms with van der Waals surface area (Å²) < 4.78 is 11.3. The molecule has 0 amide bonds. The number of aryl methyl sites for hydroxylation is 2. The van der Waals surface area contributed by atoms with Crippen LogP contribution in [0.4, 0.5) is 0 Å². The highest BCUT2D eigenvalue weighted by molar-refractivity contribution is 7.12. The van der Waals surface area contributed by atoms with E-state index in [4.69, 9.17) is 15.2 Å². The summed E-state index contributed by atoms with van der Waals surface area (Å²) in [5, 5.41) is 0. The molecule has 2 rings (SSSR count). The molecule has 0 fully saturated rings. The van der Waals surface area contributed by atoms with Gasteiger partial charge in [0.15, 0.2) is 11.5 Å². The lowest BCUT2D eigenvalue weighted by atomic mass is 10.1. The first-order chi connectivity index (χ1) is 9.67. The van der Waals surface area contributed by atoms with Gasteiger partial charge in [0.05, 0.1) is 7.11 Å². The molecule has 1 aromatic heterocycles. The smallest absolute Gasteiger partial charge is 0.161 e. The van der Waals surface area contributed by atoms with Gasteiger partial charge in [-0.25, -0.2) is 0 Å². The van der Waals surface area contributed by atoms with E-state index in [0.29, 0.717) is 13.2 Å². The van der Waals surface area contributed by atoms with E-state index in [1.807, 2.05) is 12.1 Å². The van der Waals surface area contributed by atoms with Gasteiger partial charge in [0.2, 0.25) is 0 Å². The van der Waals surface area contributed by atoms with Crippen LogP contribution in [0.15, 0.2) is 24.3 Å². The second-order valence-electron chi connectivity index (χ2n) is 4.63. The molecule has 0 aliphatic heterocycles. The van der Waals surface area contributed by atoms with Gasteiger partial charge in [-0.15, -0.1) is 11.3 Å². The molecule has 0 aliphatic carbocycles. The summed E-state index contributed by atoms with van der Waals surface area (Å²) in [7, 11) is 1.67. The Hall–Kier alpha value is -1.52. The highest BCUT2D eigenvalue weighted by atomic mass is 32.1. The van der Waals surface area contributed by atoms with Gasteiger partial charge in [0.1, 0.15) is 6.61 Å². The average molecular weight is 291 g/mol. The molecule has 108 valence electrons. The number of benzene rings is 1. The first kappa shape index (κ1) is 14.9. The summed E-state index contributed by atoms with van der Waals surface area (Å²) in [6, 6.07) is 8.20. The predicted octanol–water partition coefficient (Wildman–Crippen LogP) is 3.67. The summed E-state index contributed by atoms with van der Waals surface area (Å²) in [6.45, 7) is 5.35. The van der Waals surface area contributed by atoms with Crippen molar-refractivity contribution >= 4 is 11.3 Å². The Morgan fingerprint density at radius 3 is 2.60 bits per heavy atom. The van der Waals surface area contributed by atoms with Crippen molar-refractivity contribution < 1.29 is 9.47 Å². The van der Waals surface area contributed by atoms with Gasteiger partial charge in [0.25, 0.3) is 0 Å². The van der Waals surface area contributed by atoms with E-state index in [1.54, 1.807) is 18.4 Å². The summed E-state index contributed by atoms with van der Waals surface area (Å²) in [5.41, 5.74) is 8.10. The van der Waals surface area contributed by atoms with Crippen LogP contribution in [0.1, 0.15) is 27.8 Å². The molecule has 0 aliphatic rings. The fourth-order valence-electron chi connectivity index (χ4n) is 2.04. The largest absolute Gasteiger partial charge is 0.493 e. The molecule has 0 saturated carbocycles. The van der Waals surface area contributed by atoms with Crippen molar-refractivity contribution in [3.63, 3.8) is 0 Å². The van der Waals surface area contributed by atoms with Gasteiger partial charge in [-0.2, -0.15) is 0 Å². The molecule has 0 atom stereocenters. The van der Waals surface area contributed by atoms with E-state index in [-0.39, 0.29) is 0 Å². The molecular weight excluding hydrogens is 270 g/mol. The molecular formula is C16H21NO2S. The minimum atomic E-state index is 0.546. The van der Waals surface area contributed by atoms with Crippen LogP contribution in [0.3, 0.4) is 0 Å². The van der Waals surface area contributed by atoms with E-state index in [9.17, 15) is 0 Å². The second kappa shape index (κ2) is 6.77. The topological polar surface area (TPSA) is 44.5 Å². The zero-order valence-electron chi connectivity index (χ0n) is 12.2. The van der Waals surface area contributed by atoms with Crippen molar-refractivity contribution in [1.82, 2.24) is 0 Å². The third-order valence-electron chi connectivity index (χ3n) is 3.29. The van der Waals surface area contributed by atoms with E-state index in [0.717, 1.165) is 17.9 Å². The van der Waals surface area contributed by atoms with Crippen molar-refractivity contribution in [3.8, 4) is 11.5 Å². The van der Waals surface area contributed by atoms with E-state index in [1.165, 1.54) is 20.9 Å². The number of rotatable bonds is 6. The van der Waals surface area contributed by atoms with Crippen molar-refractivity contribution in [2.75, 3.05) is 7.11 Å². The molecule has 1 heterocycles. The lowest BCUT2D eigenvalue weighted by molar-refractivity contribution is 0.284. The summed E-state index contributed by atoms with van der Waals surface area (Å²) >= 11 is 1.73. The Morgan fingerprint density at radius 2 is 2.00 bits per heavy atom. The zero-order valence-corrected chi connectivity index (χ0v) is 13.0. The van der Waals surface area contributed by atoms with Crippen LogP contribution in [-0.2, 0) is 19.6 Å². The zero-order chi connectivity index (χ0) is 14.5. The highest BCUT2D eigenvalue weighted by Crippen LogP contribution is 2.30. The molecule has 1 aromatic carbocycles. The van der Waals surface area contributed by atoms with E-state index in [2.05, 4.69) is 26.0 Å². The van der Waals surface area contributed by atoms with Crippen molar-refractivity contribution in [2.24, 2.45) is 5.73 Å². The van der Waals surface area contributed by atoms with Gasteiger partial charge in [0, 0.05) is 21.9 Å². The Balaban J connectivity index is 2.11. The molecule has 3 nitrogen and oxygen atoms in total. The monoisotopic (exact) mass is 291 g/mol. The van der Waals surface area contributed by atoms with Gasteiger partial charge >= 0.3 is 0 Å². The summed E-state index contributed by atoms with van der Waals surface area (Å²) in [5.74, 6) is 1.57. The minimum absolute atomic E-state index is 0.546. The molecule has 4 heteroatoms. The summed E-state index contributed by atoms with van der Waals surface area (Å²) in [6.07, 6.45) is 0.986. The van der Waals surface area contributed by atoms with Crippen LogP contribution in [0.5, 0.6) is 11.5 Å². The minimum Gasteiger partial charge on any atom is -0.493 e. The normalized spacial score (nSPS) is 10.6. The van der Waals surface area contributed by atoms with Crippen molar-refractivity contribution in [3.05, 3.63) is 45.1 Å². The first-order valence-electron chi connectivity index (χ1n) is 6.75. The third-order valence-corrected chi connectivity index (χ3v) is 4.41. The Kier molecular flexibility index (Phi) is 5.04. The van der Waals surface area contributed by atoms with Crippen molar-refractivity contribution in [2.45, 2.75) is 33.4 Å². The molecule has 0 unspecified atom stereocenters. The molecule has 0 saturated heterocycles. The Labute approximate surface area is 124 Å². The highest BCUT2D eigenvalue weighted by Gasteiger charge is 2.09. The Bertz CT molecular complexity index is 578. The SMILES string of the molecule is CCc1ccc(OCc2cc(CN)sc2C)c(OC)c1. The van der Waals surface area contributed by atoms with Gasteiger partial charge < -0.3 is 15.2 Å². The van der Waals surface area contributed by atoms with Crippen LogP contribution >= 0.6 is 11.3 Å². The Morgan fingerprint density at radius 1 is 1.20 bits per heavy atom. The number of ether oxygens (including phenoxy) is 2. The number of nitrogens with two attached hydrogens (primary N) is 1. The van der Waals surface area contributed by atoms with E-state index < -0.39 is 0 Å². The molecule has 0 spiro atoms. The van der Waals surface area contributed by atoms with Crippen LogP contribution in [-0.4, -0.2) is 7.11 Å². The van der Waals surface area contributed by atoms with E-state index >= 15 is 0 Å². The summed E-state index contributed by atoms with van der Waals surface area (Å²) in [4.78, 5) is 2.45. The fraction of sp³-hybridized carbons (Fsp3) is 0.375. The average Bonchev–Trinajstić information content (AvgIpc) is 2.85. The number of hydrogen-bond acceptors (Lipinski definition) is 4. The van der Waals surface area contributed by atoms with Crippen molar-refractivity contribution in [1.29, 1.82) is 0 Å². The van der Waals surface area contributed by atoms with Gasteiger partial charge in [-0.1, -0.05) is 13.0 Å². The maximum Gasteiger partial charge on any atom is 0.161 e. The van der Waals surface area contributed by atoms with Crippen LogP contribution < -0.4 is 15.2 Å². The van der Waals surface area contributed by atoms with Gasteiger partial charge in [-0.3, -0.25) is 0 Å². The quantitative estimate of drug-likeness (QED) is 0.883. The number of methoxy groups -OCH3 is 1. The maximum absolute atomic E-state index is 5.89. The molecule has 2 aromatic rings. The van der Waals surface area contributed by atoms with Crippen LogP contribution in [0.2, 0.25) is 0 Å². The lowest BCUT2D eigenvalue weighted by Gasteiger charge is -2.11. The van der Waals surface area contributed by atoms with Crippen LogP contribution in [0.25, 0.3) is 0 Å². The molecule has 0 bridgehead atoms. The van der Waals surface area contributed by atoms with Crippen LogP contribution in [0, 0.1) is 6.92 Å². The maximum atomic E-state index is 5.89.